The highest BCUT2D eigenvalue weighted by Gasteiger charge is 2.21. The molecule has 0 aliphatic heterocycles. The van der Waals surface area contributed by atoms with Crippen molar-refractivity contribution in [3.8, 4) is 0 Å². The minimum Gasteiger partial charge on any atom is -0.390 e. The molecular formula is C17H28N4O3. The van der Waals surface area contributed by atoms with Crippen molar-refractivity contribution in [2.75, 3.05) is 0 Å². The maximum absolute atomic E-state index is 12.7. The van der Waals surface area contributed by atoms with E-state index in [0.29, 0.717) is 49.9 Å². The fraction of sp³-hybridized carbons (Fsp3) is 0.706. The molecule has 0 aliphatic carbocycles. The molecule has 0 saturated carbocycles. The SMILES string of the molecule is CCn1cnc2c1c(=O)n(CCCCC(O)(CC)CC)c(=O)n2C. The van der Waals surface area contributed by atoms with Gasteiger partial charge in [0.25, 0.3) is 5.56 Å². The van der Waals surface area contributed by atoms with Crippen LogP contribution in [0.15, 0.2) is 15.9 Å². The Morgan fingerprint density at radius 3 is 2.42 bits per heavy atom. The lowest BCUT2D eigenvalue weighted by molar-refractivity contribution is 0.0210. The molecule has 0 aromatic carbocycles. The van der Waals surface area contributed by atoms with E-state index in [4.69, 9.17) is 0 Å². The van der Waals surface area contributed by atoms with Gasteiger partial charge in [-0.2, -0.15) is 0 Å². The van der Waals surface area contributed by atoms with Crippen molar-refractivity contribution in [2.24, 2.45) is 7.05 Å². The molecule has 0 fully saturated rings. The predicted octanol–water partition coefficient (Wildman–Crippen LogP) is 1.64. The summed E-state index contributed by atoms with van der Waals surface area (Å²) in [5.74, 6) is 0. The molecule has 0 aliphatic rings. The zero-order valence-electron chi connectivity index (χ0n) is 15.1. The zero-order chi connectivity index (χ0) is 17.9. The lowest BCUT2D eigenvalue weighted by Gasteiger charge is -2.24. The largest absolute Gasteiger partial charge is 0.390 e. The third kappa shape index (κ3) is 3.31. The quantitative estimate of drug-likeness (QED) is 0.743. The summed E-state index contributed by atoms with van der Waals surface area (Å²) < 4.78 is 4.48. The molecule has 0 unspecified atom stereocenters. The third-order valence-corrected chi connectivity index (χ3v) is 5.03. The highest BCUT2D eigenvalue weighted by Crippen LogP contribution is 2.21. The number of imidazole rings is 1. The molecule has 1 N–H and O–H groups in total. The number of aryl methyl sites for hydroxylation is 2. The average Bonchev–Trinajstić information content (AvgIpc) is 3.03. The molecule has 2 heterocycles. The van der Waals surface area contributed by atoms with Crippen LogP contribution < -0.4 is 11.2 Å². The fourth-order valence-electron chi connectivity index (χ4n) is 3.09. The van der Waals surface area contributed by atoms with Crippen LogP contribution in [0.2, 0.25) is 0 Å². The van der Waals surface area contributed by atoms with Crippen LogP contribution in [0, 0.1) is 0 Å². The second-order valence-electron chi connectivity index (χ2n) is 6.39. The van der Waals surface area contributed by atoms with E-state index in [2.05, 4.69) is 4.98 Å². The Bertz CT molecular complexity index is 812. The molecule has 7 heteroatoms. The van der Waals surface area contributed by atoms with Crippen LogP contribution >= 0.6 is 0 Å². The summed E-state index contributed by atoms with van der Waals surface area (Å²) in [6.07, 6.45) is 5.17. The van der Waals surface area contributed by atoms with Gasteiger partial charge < -0.3 is 9.67 Å². The number of hydrogen-bond acceptors (Lipinski definition) is 4. The Morgan fingerprint density at radius 1 is 1.17 bits per heavy atom. The van der Waals surface area contributed by atoms with Gasteiger partial charge in [-0.05, 0) is 39.0 Å². The van der Waals surface area contributed by atoms with E-state index in [1.54, 1.807) is 17.9 Å². The maximum atomic E-state index is 12.7. The van der Waals surface area contributed by atoms with E-state index < -0.39 is 5.60 Å². The second-order valence-corrected chi connectivity index (χ2v) is 6.39. The summed E-state index contributed by atoms with van der Waals surface area (Å²) in [7, 11) is 1.64. The first kappa shape index (κ1) is 18.4. The molecule has 2 aromatic rings. The normalized spacial score (nSPS) is 12.2. The van der Waals surface area contributed by atoms with E-state index in [1.807, 2.05) is 20.8 Å². The second kappa shape index (κ2) is 7.34. The minimum absolute atomic E-state index is 0.284. The van der Waals surface area contributed by atoms with E-state index >= 15 is 0 Å². The lowest BCUT2D eigenvalue weighted by atomic mass is 9.91. The van der Waals surface area contributed by atoms with E-state index in [-0.39, 0.29) is 11.2 Å². The van der Waals surface area contributed by atoms with Gasteiger partial charge in [-0.25, -0.2) is 9.78 Å². The Labute approximate surface area is 141 Å². The van der Waals surface area contributed by atoms with E-state index in [9.17, 15) is 14.7 Å². The van der Waals surface area contributed by atoms with E-state index in [0.717, 1.165) is 6.42 Å². The number of fused-ring (bicyclic) bond motifs is 1. The summed E-state index contributed by atoms with van der Waals surface area (Å²) in [6.45, 7) is 6.88. The number of aromatic nitrogens is 4. The van der Waals surface area contributed by atoms with Crippen LogP contribution in [-0.2, 0) is 20.1 Å². The minimum atomic E-state index is -0.638. The van der Waals surface area contributed by atoms with Crippen LogP contribution in [0.5, 0.6) is 0 Å². The van der Waals surface area contributed by atoms with Crippen molar-refractivity contribution >= 4 is 11.2 Å². The molecule has 0 atom stereocenters. The number of rotatable bonds is 8. The Morgan fingerprint density at radius 2 is 1.83 bits per heavy atom. The van der Waals surface area contributed by atoms with Crippen LogP contribution in [0.4, 0.5) is 0 Å². The molecule has 0 amide bonds. The summed E-state index contributed by atoms with van der Waals surface area (Å²) in [5, 5.41) is 10.3. The van der Waals surface area contributed by atoms with Crippen molar-refractivity contribution in [3.05, 3.63) is 27.2 Å². The van der Waals surface area contributed by atoms with Gasteiger partial charge in [0.05, 0.1) is 11.9 Å². The summed E-state index contributed by atoms with van der Waals surface area (Å²) in [5.41, 5.74) is -0.364. The van der Waals surface area contributed by atoms with Crippen LogP contribution in [-0.4, -0.2) is 29.4 Å². The molecule has 0 bridgehead atoms. The van der Waals surface area contributed by atoms with Crippen molar-refractivity contribution in [2.45, 2.75) is 71.6 Å². The summed E-state index contributed by atoms with van der Waals surface area (Å²) >= 11 is 0. The summed E-state index contributed by atoms with van der Waals surface area (Å²) in [4.78, 5) is 29.3. The third-order valence-electron chi connectivity index (χ3n) is 5.03. The van der Waals surface area contributed by atoms with Crippen molar-refractivity contribution in [1.29, 1.82) is 0 Å². The first-order valence-electron chi connectivity index (χ1n) is 8.75. The van der Waals surface area contributed by atoms with Gasteiger partial charge in [0, 0.05) is 20.1 Å². The van der Waals surface area contributed by atoms with Crippen LogP contribution in [0.25, 0.3) is 11.2 Å². The van der Waals surface area contributed by atoms with Crippen molar-refractivity contribution in [3.63, 3.8) is 0 Å². The standard InChI is InChI=1S/C17H28N4O3/c1-5-17(24,6-2)10-8-9-11-21-15(22)13-14(19(4)16(21)23)18-12-20(13)7-3/h12,24H,5-11H2,1-4H3. The van der Waals surface area contributed by atoms with Gasteiger partial charge in [0.15, 0.2) is 11.2 Å². The average molecular weight is 336 g/mol. The van der Waals surface area contributed by atoms with Gasteiger partial charge >= 0.3 is 5.69 Å². The number of aliphatic hydroxyl groups is 1. The Kier molecular flexibility index (Phi) is 5.64. The highest BCUT2D eigenvalue weighted by molar-refractivity contribution is 5.69. The van der Waals surface area contributed by atoms with Gasteiger partial charge in [-0.1, -0.05) is 13.8 Å². The zero-order valence-corrected chi connectivity index (χ0v) is 15.1. The molecule has 0 saturated heterocycles. The smallest absolute Gasteiger partial charge is 0.332 e. The predicted molar refractivity (Wildman–Crippen MR) is 94.3 cm³/mol. The molecule has 24 heavy (non-hydrogen) atoms. The van der Waals surface area contributed by atoms with Gasteiger partial charge in [0.1, 0.15) is 0 Å². The first-order chi connectivity index (χ1) is 11.4. The maximum Gasteiger partial charge on any atom is 0.332 e. The molecule has 2 rings (SSSR count). The van der Waals surface area contributed by atoms with Crippen LogP contribution in [0.3, 0.4) is 0 Å². The summed E-state index contributed by atoms with van der Waals surface area (Å²) in [6, 6.07) is 0. The fourth-order valence-corrected chi connectivity index (χ4v) is 3.09. The first-order valence-corrected chi connectivity index (χ1v) is 8.75. The monoisotopic (exact) mass is 336 g/mol. The van der Waals surface area contributed by atoms with Gasteiger partial charge in [-0.15, -0.1) is 0 Å². The van der Waals surface area contributed by atoms with E-state index in [1.165, 1.54) is 9.13 Å². The van der Waals surface area contributed by atoms with Crippen molar-refractivity contribution < 1.29 is 5.11 Å². The topological polar surface area (TPSA) is 82.1 Å². The van der Waals surface area contributed by atoms with Gasteiger partial charge in [0.2, 0.25) is 0 Å². The molecule has 2 aromatic heterocycles. The van der Waals surface area contributed by atoms with Gasteiger partial charge in [-0.3, -0.25) is 13.9 Å². The Hall–Kier alpha value is -1.89. The molecule has 0 radical (unpaired) electrons. The highest BCUT2D eigenvalue weighted by atomic mass is 16.3. The lowest BCUT2D eigenvalue weighted by Crippen LogP contribution is -2.39. The number of hydrogen-bond donors (Lipinski definition) is 1. The molecule has 0 spiro atoms. The number of unbranched alkanes of at least 4 members (excludes halogenated alkanes) is 1. The number of nitrogens with zero attached hydrogens (tertiary/aromatic N) is 4. The Balaban J connectivity index is 2.24. The van der Waals surface area contributed by atoms with Crippen LogP contribution in [0.1, 0.15) is 52.9 Å². The van der Waals surface area contributed by atoms with Crippen molar-refractivity contribution in [1.82, 2.24) is 18.7 Å². The molecule has 7 nitrogen and oxygen atoms in total. The molecule has 134 valence electrons. The molecular weight excluding hydrogens is 308 g/mol.